The molecule has 0 unspecified atom stereocenters. The van der Waals surface area contributed by atoms with Crippen molar-refractivity contribution in [3.63, 3.8) is 0 Å². The standard InChI is InChI=1S/C26H33F3N2O4/c1-16-20(30-35-21(16)34-18-9-6-8-17(27)12-18)19-10-7-11-31(19)22(32)26(28,29)25(33)14-23(2,3)13-24(4,5)15-25/h6,8-9,12,19,33H,7,10-11,13-15H2,1-5H3/t19-/m0/s1. The molecule has 192 valence electrons. The normalized spacial score (nSPS) is 23.3. The van der Waals surface area contributed by atoms with E-state index in [1.807, 2.05) is 27.7 Å². The van der Waals surface area contributed by atoms with Crippen molar-refractivity contribution in [1.29, 1.82) is 0 Å². The summed E-state index contributed by atoms with van der Waals surface area (Å²) >= 11 is 0. The minimum atomic E-state index is -3.97. The monoisotopic (exact) mass is 494 g/mol. The van der Waals surface area contributed by atoms with Gasteiger partial charge < -0.3 is 19.3 Å². The molecule has 2 fully saturated rings. The molecule has 4 rings (SSSR count). The lowest BCUT2D eigenvalue weighted by atomic mass is 9.58. The third kappa shape index (κ3) is 4.79. The Morgan fingerprint density at radius 2 is 1.86 bits per heavy atom. The molecule has 1 aliphatic carbocycles. The van der Waals surface area contributed by atoms with Crippen molar-refractivity contribution in [1.82, 2.24) is 10.1 Å². The molecule has 9 heteroatoms. The van der Waals surface area contributed by atoms with Gasteiger partial charge in [0.2, 0.25) is 0 Å². The van der Waals surface area contributed by atoms with Gasteiger partial charge in [0.25, 0.3) is 5.91 Å². The van der Waals surface area contributed by atoms with Crippen LogP contribution in [0.25, 0.3) is 0 Å². The number of carbonyl (C=O) groups excluding carboxylic acids is 1. The molecule has 1 saturated carbocycles. The fourth-order valence-corrected chi connectivity index (χ4v) is 6.34. The average molecular weight is 495 g/mol. The van der Waals surface area contributed by atoms with Crippen LogP contribution < -0.4 is 4.74 Å². The van der Waals surface area contributed by atoms with Gasteiger partial charge in [-0.1, -0.05) is 38.9 Å². The molecule has 6 nitrogen and oxygen atoms in total. The topological polar surface area (TPSA) is 75.8 Å². The van der Waals surface area contributed by atoms with Gasteiger partial charge in [0, 0.05) is 12.6 Å². The van der Waals surface area contributed by atoms with E-state index in [9.17, 15) is 14.3 Å². The number of hydrogen-bond acceptors (Lipinski definition) is 5. The fraction of sp³-hybridized carbons (Fsp3) is 0.615. The summed E-state index contributed by atoms with van der Waals surface area (Å²) in [6.45, 7) is 9.15. The van der Waals surface area contributed by atoms with Gasteiger partial charge in [-0.05, 0) is 62.0 Å². The quantitative estimate of drug-likeness (QED) is 0.537. The summed E-state index contributed by atoms with van der Waals surface area (Å²) in [5.41, 5.74) is -2.78. The van der Waals surface area contributed by atoms with E-state index in [0.717, 1.165) is 4.90 Å². The van der Waals surface area contributed by atoms with Crippen molar-refractivity contribution >= 4 is 5.91 Å². The second kappa shape index (κ2) is 8.54. The van der Waals surface area contributed by atoms with Gasteiger partial charge in [0.15, 0.2) is 0 Å². The molecular formula is C26H33F3N2O4. The van der Waals surface area contributed by atoms with E-state index in [1.165, 1.54) is 18.2 Å². The smallest absolute Gasteiger partial charge is 0.352 e. The molecular weight excluding hydrogens is 461 g/mol. The van der Waals surface area contributed by atoms with Crippen molar-refractivity contribution in [2.45, 2.75) is 84.3 Å². The van der Waals surface area contributed by atoms with Crippen molar-refractivity contribution in [2.24, 2.45) is 10.8 Å². The first-order chi connectivity index (χ1) is 16.1. The van der Waals surface area contributed by atoms with Crippen LogP contribution in [0.2, 0.25) is 0 Å². The Hall–Kier alpha value is -2.55. The predicted octanol–water partition coefficient (Wildman–Crippen LogP) is 6.18. The third-order valence-electron chi connectivity index (χ3n) is 7.11. The van der Waals surface area contributed by atoms with E-state index in [4.69, 9.17) is 9.26 Å². The van der Waals surface area contributed by atoms with Gasteiger partial charge in [-0.3, -0.25) is 4.79 Å². The maximum atomic E-state index is 15.8. The largest absolute Gasteiger partial charge is 0.424 e. The summed E-state index contributed by atoms with van der Waals surface area (Å²) in [7, 11) is 0. The number of alkyl halides is 2. The molecule has 2 heterocycles. The number of hydrogen-bond donors (Lipinski definition) is 1. The molecule has 2 aromatic rings. The van der Waals surface area contributed by atoms with Gasteiger partial charge >= 0.3 is 11.9 Å². The van der Waals surface area contributed by atoms with Crippen LogP contribution >= 0.6 is 0 Å². The Bertz CT molecular complexity index is 1100. The summed E-state index contributed by atoms with van der Waals surface area (Å²) < 4.78 is 56.0. The number of benzene rings is 1. The van der Waals surface area contributed by atoms with E-state index in [-0.39, 0.29) is 31.1 Å². The fourth-order valence-electron chi connectivity index (χ4n) is 6.34. The Kier molecular flexibility index (Phi) is 6.23. The van der Waals surface area contributed by atoms with Crippen LogP contribution in [0.5, 0.6) is 11.7 Å². The molecule has 0 spiro atoms. The highest BCUT2D eigenvalue weighted by atomic mass is 19.3. The number of rotatable bonds is 5. The Morgan fingerprint density at radius 1 is 1.20 bits per heavy atom. The second-order valence-electron chi connectivity index (χ2n) is 11.7. The lowest BCUT2D eigenvalue weighted by molar-refractivity contribution is -0.231. The minimum Gasteiger partial charge on any atom is -0.424 e. The van der Waals surface area contributed by atoms with Gasteiger partial charge in [-0.25, -0.2) is 4.39 Å². The molecule has 1 amide bonds. The van der Waals surface area contributed by atoms with Crippen LogP contribution in [-0.2, 0) is 4.79 Å². The number of carbonyl (C=O) groups is 1. The van der Waals surface area contributed by atoms with E-state index in [2.05, 4.69) is 5.16 Å². The van der Waals surface area contributed by atoms with Crippen LogP contribution in [0.1, 0.15) is 77.1 Å². The maximum absolute atomic E-state index is 15.8. The number of aromatic nitrogens is 1. The number of likely N-dealkylation sites (tertiary alicyclic amines) is 1. The molecule has 1 aliphatic heterocycles. The number of ether oxygens (including phenoxy) is 1. The summed E-state index contributed by atoms with van der Waals surface area (Å²) in [6, 6.07) is 4.74. The summed E-state index contributed by atoms with van der Waals surface area (Å²) in [6.07, 6.45) is 1.26. The highest BCUT2D eigenvalue weighted by Crippen LogP contribution is 2.55. The molecule has 1 saturated heterocycles. The number of halogens is 3. The predicted molar refractivity (Wildman–Crippen MR) is 123 cm³/mol. The highest BCUT2D eigenvalue weighted by molar-refractivity contribution is 5.85. The number of amides is 1. The molecule has 1 N–H and O–H groups in total. The van der Waals surface area contributed by atoms with Crippen LogP contribution in [0, 0.1) is 23.6 Å². The Balaban J connectivity index is 1.59. The molecule has 1 aromatic heterocycles. The van der Waals surface area contributed by atoms with E-state index in [1.54, 1.807) is 13.0 Å². The zero-order chi connectivity index (χ0) is 25.8. The van der Waals surface area contributed by atoms with Crippen molar-refractivity contribution < 1.29 is 32.3 Å². The molecule has 2 aliphatic rings. The van der Waals surface area contributed by atoms with Crippen LogP contribution in [-0.4, -0.2) is 39.1 Å². The Labute approximate surface area is 203 Å². The lowest BCUT2D eigenvalue weighted by Gasteiger charge is -2.51. The zero-order valence-electron chi connectivity index (χ0n) is 20.8. The van der Waals surface area contributed by atoms with Crippen molar-refractivity contribution in [3.05, 3.63) is 41.3 Å². The highest BCUT2D eigenvalue weighted by Gasteiger charge is 2.65. The van der Waals surface area contributed by atoms with Crippen molar-refractivity contribution in [2.75, 3.05) is 6.54 Å². The summed E-state index contributed by atoms with van der Waals surface area (Å²) in [4.78, 5) is 14.4. The SMILES string of the molecule is Cc1c([C@@H]2CCCN2C(=O)C(F)(F)C2(O)CC(C)(C)CC(C)(C)C2)noc1Oc1cccc(F)c1. The van der Waals surface area contributed by atoms with Crippen LogP contribution in [0.3, 0.4) is 0 Å². The lowest BCUT2D eigenvalue weighted by Crippen LogP contribution is -2.62. The summed E-state index contributed by atoms with van der Waals surface area (Å²) in [5, 5.41) is 15.2. The molecule has 0 radical (unpaired) electrons. The molecule has 0 bridgehead atoms. The minimum absolute atomic E-state index is 0.00562. The first kappa shape index (κ1) is 25.5. The number of nitrogens with zero attached hydrogens (tertiary/aromatic N) is 2. The molecule has 35 heavy (non-hydrogen) atoms. The van der Waals surface area contributed by atoms with Crippen molar-refractivity contribution in [3.8, 4) is 11.7 Å². The maximum Gasteiger partial charge on any atom is 0.352 e. The molecule has 1 aromatic carbocycles. The average Bonchev–Trinajstić information content (AvgIpc) is 3.31. The van der Waals surface area contributed by atoms with Crippen LogP contribution in [0.15, 0.2) is 28.8 Å². The van der Waals surface area contributed by atoms with Gasteiger partial charge in [0.05, 0.1) is 11.6 Å². The second-order valence-corrected chi connectivity index (χ2v) is 11.7. The number of aliphatic hydroxyl groups is 1. The summed E-state index contributed by atoms with van der Waals surface area (Å²) in [5.74, 6) is -5.64. The van der Waals surface area contributed by atoms with Gasteiger partial charge in [-0.2, -0.15) is 8.78 Å². The van der Waals surface area contributed by atoms with E-state index >= 15 is 8.78 Å². The Morgan fingerprint density at radius 3 is 2.49 bits per heavy atom. The first-order valence-corrected chi connectivity index (χ1v) is 12.0. The van der Waals surface area contributed by atoms with Gasteiger partial charge in [-0.15, -0.1) is 0 Å². The zero-order valence-corrected chi connectivity index (χ0v) is 20.8. The van der Waals surface area contributed by atoms with Crippen LogP contribution in [0.4, 0.5) is 13.2 Å². The van der Waals surface area contributed by atoms with E-state index < -0.39 is 40.1 Å². The molecule has 1 atom stereocenters. The third-order valence-corrected chi connectivity index (χ3v) is 7.11. The van der Waals surface area contributed by atoms with E-state index in [0.29, 0.717) is 30.5 Å². The van der Waals surface area contributed by atoms with Gasteiger partial charge in [0.1, 0.15) is 22.9 Å². The first-order valence-electron chi connectivity index (χ1n) is 12.0.